The largest absolute Gasteiger partial charge is 0.456 e. The molecule has 1 aromatic rings. The third-order valence-corrected chi connectivity index (χ3v) is 9.42. The Balaban J connectivity index is 1.37. The highest BCUT2D eigenvalue weighted by molar-refractivity contribution is 7.67. The Morgan fingerprint density at radius 2 is 1.74 bits per heavy atom. The number of hydrogen-bond acceptors (Lipinski definition) is 9. The molecule has 0 saturated carbocycles. The Hall–Kier alpha value is -4.02. The molecule has 1 atom stereocenters. The zero-order chi connectivity index (χ0) is 31.3. The summed E-state index contributed by atoms with van der Waals surface area (Å²) in [6.45, 7) is 0.402. The van der Waals surface area contributed by atoms with E-state index in [1.54, 1.807) is 38.4 Å². The highest BCUT2D eigenvalue weighted by atomic mass is 31.2. The smallest absolute Gasteiger partial charge is 0.333 e. The van der Waals surface area contributed by atoms with Crippen molar-refractivity contribution in [2.75, 3.05) is 45.8 Å². The summed E-state index contributed by atoms with van der Waals surface area (Å²) in [4.78, 5) is 71.8. The van der Waals surface area contributed by atoms with Gasteiger partial charge in [0.1, 0.15) is 11.3 Å². The molecule has 1 fully saturated rings. The van der Waals surface area contributed by atoms with Crippen LogP contribution in [0.25, 0.3) is 22.3 Å². The van der Waals surface area contributed by atoms with E-state index in [9.17, 15) is 28.6 Å². The minimum Gasteiger partial charge on any atom is -0.456 e. The molecule has 1 saturated heterocycles. The van der Waals surface area contributed by atoms with Gasteiger partial charge in [0, 0.05) is 95.4 Å². The van der Waals surface area contributed by atoms with Gasteiger partial charge in [-0.05, 0) is 37.1 Å². The zero-order valence-corrected chi connectivity index (χ0v) is 25.8. The summed E-state index contributed by atoms with van der Waals surface area (Å²) in [6, 6.07) is 10.7. The Morgan fingerprint density at radius 1 is 1.02 bits per heavy atom. The molecule has 4 rings (SSSR count). The molecule has 1 aliphatic carbocycles. The summed E-state index contributed by atoms with van der Waals surface area (Å²) >= 11 is 0. The summed E-state index contributed by atoms with van der Waals surface area (Å²) in [5.41, 5.74) is 1.83. The van der Waals surface area contributed by atoms with Crippen LogP contribution < -0.4 is 15.6 Å². The van der Waals surface area contributed by atoms with E-state index in [0.29, 0.717) is 58.5 Å². The lowest BCUT2D eigenvalue weighted by molar-refractivity contribution is -0.197. The molecule has 1 unspecified atom stereocenters. The topological polar surface area (TPSA) is 150 Å². The first kappa shape index (κ1) is 31.9. The van der Waals surface area contributed by atoms with Crippen molar-refractivity contribution in [2.24, 2.45) is 4.99 Å². The molecule has 1 aromatic carbocycles. The first-order chi connectivity index (χ1) is 20.4. The van der Waals surface area contributed by atoms with E-state index in [4.69, 9.17) is 9.25 Å². The monoisotopic (exact) mass is 612 g/mol. The molecule has 43 heavy (non-hydrogen) atoms. The van der Waals surface area contributed by atoms with E-state index < -0.39 is 25.2 Å². The molecule has 3 aliphatic rings. The number of fused-ring (bicyclic) bond motifs is 2. The van der Waals surface area contributed by atoms with E-state index in [2.05, 4.69) is 4.99 Å². The van der Waals surface area contributed by atoms with Crippen LogP contribution in [0.1, 0.15) is 44.9 Å². The molecule has 0 aromatic heterocycles. The maximum Gasteiger partial charge on any atom is 0.333 e. The van der Waals surface area contributed by atoms with Crippen molar-refractivity contribution in [3.63, 3.8) is 0 Å². The number of nitrogens with zero attached hydrogens (tertiary/aromatic N) is 4. The minimum absolute atomic E-state index is 0.0393. The summed E-state index contributed by atoms with van der Waals surface area (Å²) < 4.78 is 20.0. The molecule has 0 bridgehead atoms. The minimum atomic E-state index is -4.02. The van der Waals surface area contributed by atoms with Crippen LogP contribution in [-0.4, -0.2) is 79.4 Å². The van der Waals surface area contributed by atoms with Gasteiger partial charge in [-0.2, -0.15) is 0 Å². The van der Waals surface area contributed by atoms with Gasteiger partial charge in [-0.25, -0.2) is 4.79 Å². The number of rotatable bonds is 12. The molecule has 230 valence electrons. The number of unbranched alkanes of at least 4 members (excludes halogenated alkanes) is 2. The number of imide groups is 1. The van der Waals surface area contributed by atoms with Crippen LogP contribution in [0.4, 0.5) is 5.69 Å². The maximum absolute atomic E-state index is 13.9. The molecule has 2 heterocycles. The van der Waals surface area contributed by atoms with Crippen molar-refractivity contribution in [1.82, 2.24) is 9.96 Å². The van der Waals surface area contributed by atoms with Crippen molar-refractivity contribution >= 4 is 53.0 Å². The fraction of sp³-hybridized carbons (Fsp3) is 0.433. The van der Waals surface area contributed by atoms with Crippen molar-refractivity contribution in [2.45, 2.75) is 44.9 Å². The summed E-state index contributed by atoms with van der Waals surface area (Å²) in [5, 5.41) is 1.98. The molecular formula is C30H37N4O8P. The number of amides is 3. The van der Waals surface area contributed by atoms with Crippen LogP contribution in [-0.2, 0) is 28.6 Å². The van der Waals surface area contributed by atoms with Gasteiger partial charge in [-0.1, -0.05) is 6.42 Å². The third kappa shape index (κ3) is 7.50. The molecule has 13 heteroatoms. The van der Waals surface area contributed by atoms with Crippen molar-refractivity contribution < 1.29 is 37.9 Å². The molecule has 0 radical (unpaired) electrons. The predicted octanol–water partition coefficient (Wildman–Crippen LogP) is 3.05. The molecule has 0 spiro atoms. The molecule has 2 aliphatic heterocycles. The van der Waals surface area contributed by atoms with Crippen molar-refractivity contribution in [3.8, 4) is 11.3 Å². The van der Waals surface area contributed by atoms with Crippen LogP contribution in [0.2, 0.25) is 0 Å². The summed E-state index contributed by atoms with van der Waals surface area (Å²) in [7, 11) is 3.06. The van der Waals surface area contributed by atoms with E-state index in [1.165, 1.54) is 4.90 Å². The lowest BCUT2D eigenvalue weighted by Crippen LogP contribution is -2.32. The number of hydrogen-bond donors (Lipinski definition) is 1. The van der Waals surface area contributed by atoms with Gasteiger partial charge >= 0.3 is 5.97 Å². The van der Waals surface area contributed by atoms with Crippen LogP contribution in [0.15, 0.2) is 45.8 Å². The summed E-state index contributed by atoms with van der Waals surface area (Å²) in [6.07, 6.45) is 1.44. The lowest BCUT2D eigenvalue weighted by Gasteiger charge is -2.22. The maximum atomic E-state index is 13.9. The standard InChI is InChI=1S/C30H37N4O8P/c1-31-20-9-11-22-24(18-20)41-25-19-21(32(2)3)10-12-23(25)30(22)43(39,40)17-15-26(35)33(4)16-7-5-6-8-29(38)42-34-27(36)13-14-28(34)37/h9-12,18-19H,5-8,13-17H2,1-4H3,(H,39,40). The lowest BCUT2D eigenvalue weighted by atomic mass is 10.1. The SMILES string of the molecule is CN=c1ccc2c(P(=O)(O)CCC(=O)N(C)CCCCCC(=O)ON3C(=O)CCC3=O)c3ccc(N(C)C)cc3oc-2c1. The number of carbonyl (C=O) groups is 4. The second-order valence-electron chi connectivity index (χ2n) is 10.8. The fourth-order valence-corrected chi connectivity index (χ4v) is 6.75. The third-order valence-electron chi connectivity index (χ3n) is 7.41. The Bertz CT molecular complexity index is 1620. The Labute approximate surface area is 249 Å². The van der Waals surface area contributed by atoms with Gasteiger partial charge in [0.2, 0.25) is 13.3 Å². The molecule has 3 amide bonds. The van der Waals surface area contributed by atoms with Gasteiger partial charge in [-0.3, -0.25) is 23.9 Å². The predicted molar refractivity (Wildman–Crippen MR) is 161 cm³/mol. The van der Waals surface area contributed by atoms with E-state index >= 15 is 0 Å². The van der Waals surface area contributed by atoms with Gasteiger partial charge in [0.15, 0.2) is 0 Å². The average molecular weight is 613 g/mol. The number of hydroxylamine groups is 2. The van der Waals surface area contributed by atoms with Crippen LogP contribution in [0, 0.1) is 0 Å². The molecule has 1 N–H and O–H groups in total. The van der Waals surface area contributed by atoms with Crippen molar-refractivity contribution in [1.29, 1.82) is 0 Å². The first-order valence-electron chi connectivity index (χ1n) is 14.1. The Morgan fingerprint density at radius 3 is 2.42 bits per heavy atom. The quantitative estimate of drug-likeness (QED) is 0.141. The number of carbonyl (C=O) groups excluding carboxylic acids is 4. The van der Waals surface area contributed by atoms with Crippen LogP contribution >= 0.6 is 7.37 Å². The molecular weight excluding hydrogens is 575 g/mol. The highest BCUT2D eigenvalue weighted by Gasteiger charge is 2.33. The normalized spacial score (nSPS) is 15.3. The van der Waals surface area contributed by atoms with E-state index in [-0.39, 0.29) is 43.1 Å². The second-order valence-corrected chi connectivity index (χ2v) is 13.1. The number of benzene rings is 2. The van der Waals surface area contributed by atoms with Crippen LogP contribution in [0.5, 0.6) is 0 Å². The van der Waals surface area contributed by atoms with Crippen molar-refractivity contribution in [3.05, 3.63) is 41.8 Å². The fourth-order valence-electron chi connectivity index (χ4n) is 4.91. The van der Waals surface area contributed by atoms with Gasteiger partial charge in [-0.15, -0.1) is 5.06 Å². The van der Waals surface area contributed by atoms with Crippen LogP contribution in [0.3, 0.4) is 0 Å². The molecule has 12 nitrogen and oxygen atoms in total. The highest BCUT2D eigenvalue weighted by Crippen LogP contribution is 2.46. The first-order valence-corrected chi connectivity index (χ1v) is 16.0. The zero-order valence-electron chi connectivity index (χ0n) is 24.9. The second kappa shape index (κ2) is 13.5. The average Bonchev–Trinajstić information content (AvgIpc) is 3.29. The summed E-state index contributed by atoms with van der Waals surface area (Å²) in [5.74, 6) is -1.53. The number of anilines is 1. The Kier molecular flexibility index (Phi) is 10.0. The van der Waals surface area contributed by atoms with E-state index in [1.807, 2.05) is 31.1 Å². The van der Waals surface area contributed by atoms with Gasteiger partial charge in [0.25, 0.3) is 11.8 Å². The van der Waals surface area contributed by atoms with Gasteiger partial charge < -0.3 is 23.9 Å². The van der Waals surface area contributed by atoms with Gasteiger partial charge in [0.05, 0.1) is 10.7 Å². The van der Waals surface area contributed by atoms with E-state index in [0.717, 1.165) is 5.69 Å².